The number of alkyl halides is 1. The minimum absolute atomic E-state index is 0.239. The van der Waals surface area contributed by atoms with Gasteiger partial charge in [-0.1, -0.05) is 12.1 Å². The first-order chi connectivity index (χ1) is 8.61. The average Bonchev–Trinajstić information content (AvgIpc) is 2.39. The van der Waals surface area contributed by atoms with Crippen molar-refractivity contribution in [1.82, 2.24) is 0 Å². The fraction of sp³-hybridized carbons (Fsp3) is 0.385. The van der Waals surface area contributed by atoms with Crippen LogP contribution in [0.2, 0.25) is 0 Å². The molecule has 0 aliphatic heterocycles. The number of benzene rings is 1. The van der Waals surface area contributed by atoms with Crippen LogP contribution < -0.4 is 9.64 Å². The maximum absolute atomic E-state index is 12.0. The zero-order chi connectivity index (χ0) is 13.5. The molecule has 1 aromatic carbocycles. The lowest BCUT2D eigenvalue weighted by Crippen LogP contribution is -2.36. The number of para-hydroxylation sites is 2. The Morgan fingerprint density at radius 1 is 1.56 bits per heavy atom. The van der Waals surface area contributed by atoms with Crippen LogP contribution in [0.15, 0.2) is 24.3 Å². The van der Waals surface area contributed by atoms with Crippen LogP contribution >= 0.6 is 11.6 Å². The van der Waals surface area contributed by atoms with Crippen molar-refractivity contribution in [2.75, 3.05) is 18.6 Å². The average molecular weight is 267 g/mol. The number of nitrogens with zero attached hydrogens (tertiary/aromatic N) is 2. The second kappa shape index (κ2) is 6.87. The van der Waals surface area contributed by atoms with Crippen molar-refractivity contribution in [2.45, 2.75) is 18.7 Å². The lowest BCUT2D eigenvalue weighted by atomic mass is 10.2. The van der Waals surface area contributed by atoms with Crippen LogP contribution in [0.1, 0.15) is 13.3 Å². The third kappa shape index (κ3) is 3.38. The largest absolute Gasteiger partial charge is 0.495 e. The van der Waals surface area contributed by atoms with Crippen molar-refractivity contribution < 1.29 is 9.53 Å². The van der Waals surface area contributed by atoms with Crippen molar-refractivity contribution in [3.63, 3.8) is 0 Å². The lowest BCUT2D eigenvalue weighted by Gasteiger charge is -2.24. The number of hydrogen-bond donors (Lipinski definition) is 0. The summed E-state index contributed by atoms with van der Waals surface area (Å²) in [7, 11) is 1.54. The number of ether oxygens (including phenoxy) is 1. The Kier molecular flexibility index (Phi) is 5.47. The van der Waals surface area contributed by atoms with Gasteiger partial charge in [0.2, 0.25) is 5.91 Å². The SMILES string of the molecule is COc1ccccc1N(CCC#N)C(=O)[C@@H](C)Cl. The zero-order valence-electron chi connectivity index (χ0n) is 10.4. The fourth-order valence-electron chi connectivity index (χ4n) is 1.58. The molecule has 0 aliphatic carbocycles. The normalized spacial score (nSPS) is 11.4. The molecule has 0 saturated carbocycles. The summed E-state index contributed by atoms with van der Waals surface area (Å²) < 4.78 is 5.22. The van der Waals surface area contributed by atoms with Gasteiger partial charge in [-0.25, -0.2) is 0 Å². The molecule has 96 valence electrons. The van der Waals surface area contributed by atoms with E-state index < -0.39 is 5.38 Å². The molecule has 0 fully saturated rings. The maximum Gasteiger partial charge on any atom is 0.244 e. The Balaban J connectivity index is 3.09. The van der Waals surface area contributed by atoms with Gasteiger partial charge in [-0.3, -0.25) is 4.79 Å². The Hall–Kier alpha value is -1.73. The molecule has 0 N–H and O–H groups in total. The number of nitriles is 1. The molecule has 1 rings (SSSR count). The van der Waals surface area contributed by atoms with E-state index in [0.29, 0.717) is 18.0 Å². The van der Waals surface area contributed by atoms with Crippen molar-refractivity contribution in [3.05, 3.63) is 24.3 Å². The van der Waals surface area contributed by atoms with E-state index >= 15 is 0 Å². The number of methoxy groups -OCH3 is 1. The number of amides is 1. The van der Waals surface area contributed by atoms with Crippen LogP contribution in [0.4, 0.5) is 5.69 Å². The molecule has 0 saturated heterocycles. The Labute approximate surface area is 112 Å². The summed E-state index contributed by atoms with van der Waals surface area (Å²) in [4.78, 5) is 13.5. The molecule has 4 nitrogen and oxygen atoms in total. The maximum atomic E-state index is 12.0. The van der Waals surface area contributed by atoms with E-state index in [2.05, 4.69) is 0 Å². The molecular formula is C13H15ClN2O2. The third-order valence-corrected chi connectivity index (χ3v) is 2.62. The van der Waals surface area contributed by atoms with Crippen molar-refractivity contribution in [2.24, 2.45) is 0 Å². The van der Waals surface area contributed by atoms with Crippen LogP contribution in [-0.4, -0.2) is 24.9 Å². The molecule has 1 aromatic rings. The number of carbonyl (C=O) groups is 1. The van der Waals surface area contributed by atoms with Gasteiger partial charge in [0.1, 0.15) is 11.1 Å². The van der Waals surface area contributed by atoms with E-state index in [9.17, 15) is 4.79 Å². The van der Waals surface area contributed by atoms with Crippen molar-refractivity contribution in [3.8, 4) is 11.8 Å². The van der Waals surface area contributed by atoms with Gasteiger partial charge in [0, 0.05) is 6.54 Å². The van der Waals surface area contributed by atoms with E-state index in [4.69, 9.17) is 21.6 Å². The van der Waals surface area contributed by atoms with Crippen LogP contribution in [-0.2, 0) is 4.79 Å². The van der Waals surface area contributed by atoms with E-state index in [1.165, 1.54) is 12.0 Å². The molecule has 0 radical (unpaired) electrons. The lowest BCUT2D eigenvalue weighted by molar-refractivity contribution is -0.118. The summed E-state index contributed by atoms with van der Waals surface area (Å²) in [5.41, 5.74) is 0.632. The van der Waals surface area contributed by atoms with Gasteiger partial charge in [-0.15, -0.1) is 11.6 Å². The van der Waals surface area contributed by atoms with Gasteiger partial charge >= 0.3 is 0 Å². The van der Waals surface area contributed by atoms with Crippen molar-refractivity contribution in [1.29, 1.82) is 5.26 Å². The predicted octanol–water partition coefficient (Wildman–Crippen LogP) is 2.57. The summed E-state index contributed by atoms with van der Waals surface area (Å²) in [5, 5.41) is 8.01. The molecular weight excluding hydrogens is 252 g/mol. The van der Waals surface area contributed by atoms with E-state index in [-0.39, 0.29) is 12.3 Å². The Morgan fingerprint density at radius 3 is 2.78 bits per heavy atom. The molecule has 0 heterocycles. The minimum Gasteiger partial charge on any atom is -0.495 e. The van der Waals surface area contributed by atoms with Gasteiger partial charge in [-0.05, 0) is 19.1 Å². The van der Waals surface area contributed by atoms with Crippen LogP contribution in [0.25, 0.3) is 0 Å². The van der Waals surface area contributed by atoms with Gasteiger partial charge in [-0.2, -0.15) is 5.26 Å². The predicted molar refractivity (Wildman–Crippen MR) is 70.9 cm³/mol. The second-order valence-corrected chi connectivity index (χ2v) is 4.34. The number of anilines is 1. The minimum atomic E-state index is -0.645. The number of rotatable bonds is 5. The van der Waals surface area contributed by atoms with Crippen LogP contribution in [0.5, 0.6) is 5.75 Å². The highest BCUT2D eigenvalue weighted by atomic mass is 35.5. The number of hydrogen-bond acceptors (Lipinski definition) is 3. The third-order valence-electron chi connectivity index (χ3n) is 2.43. The standard InChI is InChI=1S/C13H15ClN2O2/c1-10(14)13(17)16(9-5-8-15)11-6-3-4-7-12(11)18-2/h3-4,6-7,10H,5,9H2,1-2H3/t10-/m1/s1. The topological polar surface area (TPSA) is 53.3 Å². The highest BCUT2D eigenvalue weighted by Gasteiger charge is 2.22. The summed E-state index contributed by atoms with van der Waals surface area (Å²) >= 11 is 5.83. The summed E-state index contributed by atoms with van der Waals surface area (Å²) in [6, 6.07) is 9.19. The molecule has 5 heteroatoms. The zero-order valence-corrected chi connectivity index (χ0v) is 11.1. The van der Waals surface area contributed by atoms with E-state index in [1.807, 2.05) is 18.2 Å². The summed E-state index contributed by atoms with van der Waals surface area (Å²) in [6.45, 7) is 1.91. The number of halogens is 1. The Morgan fingerprint density at radius 2 is 2.22 bits per heavy atom. The molecule has 0 bridgehead atoms. The first-order valence-corrected chi connectivity index (χ1v) is 6.01. The molecule has 0 unspecified atom stereocenters. The molecule has 18 heavy (non-hydrogen) atoms. The van der Waals surface area contributed by atoms with Crippen LogP contribution in [0.3, 0.4) is 0 Å². The first kappa shape index (κ1) is 14.3. The quantitative estimate of drug-likeness (QED) is 0.770. The second-order valence-electron chi connectivity index (χ2n) is 3.69. The molecule has 1 atom stereocenters. The van der Waals surface area contributed by atoms with E-state index in [0.717, 1.165) is 0 Å². The number of carbonyl (C=O) groups excluding carboxylic acids is 1. The monoisotopic (exact) mass is 266 g/mol. The summed E-state index contributed by atoms with van der Waals surface area (Å²) in [6.07, 6.45) is 0.243. The van der Waals surface area contributed by atoms with Gasteiger partial charge < -0.3 is 9.64 Å². The Bertz CT molecular complexity index is 455. The fourth-order valence-corrected chi connectivity index (χ4v) is 1.70. The molecule has 1 amide bonds. The molecule has 0 aromatic heterocycles. The smallest absolute Gasteiger partial charge is 0.244 e. The van der Waals surface area contributed by atoms with Crippen LogP contribution in [0, 0.1) is 11.3 Å². The van der Waals surface area contributed by atoms with Crippen molar-refractivity contribution >= 4 is 23.2 Å². The molecule has 0 spiro atoms. The van der Waals surface area contributed by atoms with Gasteiger partial charge in [0.15, 0.2) is 0 Å². The summed E-state index contributed by atoms with van der Waals surface area (Å²) in [5.74, 6) is 0.345. The molecule has 0 aliphatic rings. The highest BCUT2D eigenvalue weighted by Crippen LogP contribution is 2.28. The highest BCUT2D eigenvalue weighted by molar-refractivity contribution is 6.32. The van der Waals surface area contributed by atoms with Gasteiger partial charge in [0.25, 0.3) is 0 Å². The first-order valence-electron chi connectivity index (χ1n) is 5.57. The van der Waals surface area contributed by atoms with Gasteiger partial charge in [0.05, 0.1) is 25.3 Å². The van der Waals surface area contributed by atoms with E-state index in [1.54, 1.807) is 19.1 Å².